The standard InChI is InChI=1S/C13H28N2OS/c1-11(16)14-9-12(2,3)7-8-13(4,5)10-15-17-6/h15H,7-10H2,1-6H3,(H,14,16). The maximum Gasteiger partial charge on any atom is 0.216 e. The van der Waals surface area contributed by atoms with Gasteiger partial charge in [-0.25, -0.2) is 0 Å². The van der Waals surface area contributed by atoms with Crippen LogP contribution < -0.4 is 10.0 Å². The van der Waals surface area contributed by atoms with Crippen LogP contribution in [0.1, 0.15) is 47.5 Å². The maximum absolute atomic E-state index is 10.9. The maximum atomic E-state index is 10.9. The Balaban J connectivity index is 4.02. The summed E-state index contributed by atoms with van der Waals surface area (Å²) in [6.45, 7) is 12.3. The number of hydrogen-bond acceptors (Lipinski definition) is 3. The molecule has 0 aromatic rings. The Labute approximate surface area is 111 Å². The third kappa shape index (κ3) is 9.48. The van der Waals surface area contributed by atoms with E-state index in [1.54, 1.807) is 18.9 Å². The first-order valence-electron chi connectivity index (χ1n) is 6.19. The highest BCUT2D eigenvalue weighted by Gasteiger charge is 2.24. The van der Waals surface area contributed by atoms with Gasteiger partial charge in [0.1, 0.15) is 0 Å². The summed E-state index contributed by atoms with van der Waals surface area (Å²) in [5, 5.41) is 2.91. The van der Waals surface area contributed by atoms with E-state index < -0.39 is 0 Å². The van der Waals surface area contributed by atoms with E-state index >= 15 is 0 Å². The van der Waals surface area contributed by atoms with Gasteiger partial charge in [0, 0.05) is 20.0 Å². The molecule has 0 spiro atoms. The predicted octanol–water partition coefficient (Wildman–Crippen LogP) is 2.82. The molecule has 0 rings (SSSR count). The van der Waals surface area contributed by atoms with E-state index in [1.165, 1.54) is 0 Å². The summed E-state index contributed by atoms with van der Waals surface area (Å²) in [5.74, 6) is 0.0568. The smallest absolute Gasteiger partial charge is 0.216 e. The van der Waals surface area contributed by atoms with Crippen molar-refractivity contribution in [1.29, 1.82) is 0 Å². The van der Waals surface area contributed by atoms with E-state index in [0.717, 1.165) is 25.9 Å². The normalized spacial score (nSPS) is 12.6. The van der Waals surface area contributed by atoms with Gasteiger partial charge in [-0.2, -0.15) is 0 Å². The third-order valence-electron chi connectivity index (χ3n) is 2.99. The molecule has 17 heavy (non-hydrogen) atoms. The molecule has 3 nitrogen and oxygen atoms in total. The van der Waals surface area contributed by atoms with Crippen LogP contribution in [-0.2, 0) is 4.79 Å². The molecule has 1 amide bonds. The van der Waals surface area contributed by atoms with Crippen LogP contribution in [0.4, 0.5) is 0 Å². The van der Waals surface area contributed by atoms with E-state index in [0.29, 0.717) is 5.41 Å². The third-order valence-corrected chi connectivity index (χ3v) is 3.42. The Hall–Kier alpha value is -0.220. The highest BCUT2D eigenvalue weighted by Crippen LogP contribution is 2.30. The fourth-order valence-corrected chi connectivity index (χ4v) is 2.02. The van der Waals surface area contributed by atoms with Crippen molar-refractivity contribution in [3.63, 3.8) is 0 Å². The summed E-state index contributed by atoms with van der Waals surface area (Å²) in [7, 11) is 0. The van der Waals surface area contributed by atoms with Gasteiger partial charge in [-0.1, -0.05) is 39.6 Å². The van der Waals surface area contributed by atoms with Crippen LogP contribution in [0, 0.1) is 10.8 Å². The summed E-state index contributed by atoms with van der Waals surface area (Å²) in [6, 6.07) is 0. The second-order valence-electron chi connectivity index (χ2n) is 6.26. The minimum absolute atomic E-state index is 0.0568. The Bertz CT molecular complexity index is 240. The lowest BCUT2D eigenvalue weighted by atomic mass is 9.79. The van der Waals surface area contributed by atoms with Gasteiger partial charge in [-0.3, -0.25) is 9.52 Å². The number of carbonyl (C=O) groups excluding carboxylic acids is 1. The molecule has 0 aromatic heterocycles. The van der Waals surface area contributed by atoms with Crippen LogP contribution in [0.3, 0.4) is 0 Å². The van der Waals surface area contributed by atoms with Gasteiger partial charge < -0.3 is 5.32 Å². The average Bonchev–Trinajstić information content (AvgIpc) is 2.22. The number of hydrogen-bond donors (Lipinski definition) is 2. The van der Waals surface area contributed by atoms with Gasteiger partial charge in [-0.15, -0.1) is 0 Å². The molecule has 0 aliphatic rings. The first kappa shape index (κ1) is 16.8. The summed E-state index contributed by atoms with van der Waals surface area (Å²) in [5.41, 5.74) is 0.471. The van der Waals surface area contributed by atoms with Crippen molar-refractivity contribution in [2.45, 2.75) is 47.5 Å². The highest BCUT2D eigenvalue weighted by molar-refractivity contribution is 7.96. The minimum Gasteiger partial charge on any atom is -0.356 e. The molecule has 0 saturated heterocycles. The molecule has 0 heterocycles. The lowest BCUT2D eigenvalue weighted by Crippen LogP contribution is -2.34. The van der Waals surface area contributed by atoms with Gasteiger partial charge in [0.05, 0.1) is 0 Å². The van der Waals surface area contributed by atoms with E-state index in [1.807, 2.05) is 0 Å². The number of nitrogens with one attached hydrogen (secondary N) is 2. The molecular formula is C13H28N2OS. The van der Waals surface area contributed by atoms with Crippen molar-refractivity contribution in [1.82, 2.24) is 10.0 Å². The molecule has 0 bridgehead atoms. The van der Waals surface area contributed by atoms with Crippen molar-refractivity contribution in [2.24, 2.45) is 10.8 Å². The lowest BCUT2D eigenvalue weighted by molar-refractivity contribution is -0.119. The number of carbonyl (C=O) groups is 1. The summed E-state index contributed by atoms with van der Waals surface area (Å²) < 4.78 is 3.32. The zero-order chi connectivity index (χ0) is 13.5. The average molecular weight is 260 g/mol. The first-order chi connectivity index (χ1) is 7.68. The van der Waals surface area contributed by atoms with Gasteiger partial charge in [0.2, 0.25) is 5.91 Å². The largest absolute Gasteiger partial charge is 0.356 e. The highest BCUT2D eigenvalue weighted by atomic mass is 32.2. The van der Waals surface area contributed by atoms with Crippen molar-refractivity contribution in [2.75, 3.05) is 19.3 Å². The molecule has 0 radical (unpaired) electrons. The monoisotopic (exact) mass is 260 g/mol. The molecule has 102 valence electrons. The van der Waals surface area contributed by atoms with Gasteiger partial charge in [0.15, 0.2) is 0 Å². The SMILES string of the molecule is CSNCC(C)(C)CCC(C)(C)CNC(C)=O. The van der Waals surface area contributed by atoms with Crippen LogP contribution >= 0.6 is 11.9 Å². The molecule has 0 saturated carbocycles. The Morgan fingerprint density at radius 1 is 1.06 bits per heavy atom. The van der Waals surface area contributed by atoms with E-state index in [-0.39, 0.29) is 11.3 Å². The number of rotatable bonds is 8. The van der Waals surface area contributed by atoms with Crippen LogP contribution in [0.5, 0.6) is 0 Å². The zero-order valence-electron chi connectivity index (χ0n) is 12.1. The summed E-state index contributed by atoms with van der Waals surface area (Å²) >= 11 is 1.67. The van der Waals surface area contributed by atoms with Gasteiger partial charge in [-0.05, 0) is 29.9 Å². The zero-order valence-corrected chi connectivity index (χ0v) is 13.0. The van der Waals surface area contributed by atoms with Crippen molar-refractivity contribution >= 4 is 17.9 Å². The second-order valence-corrected chi connectivity index (χ2v) is 6.96. The molecule has 0 aliphatic carbocycles. The lowest BCUT2D eigenvalue weighted by Gasteiger charge is -2.31. The van der Waals surface area contributed by atoms with Crippen molar-refractivity contribution < 1.29 is 4.79 Å². The molecule has 0 atom stereocenters. The van der Waals surface area contributed by atoms with Gasteiger partial charge >= 0.3 is 0 Å². The topological polar surface area (TPSA) is 41.1 Å². The van der Waals surface area contributed by atoms with Crippen LogP contribution in [0.15, 0.2) is 0 Å². The fraction of sp³-hybridized carbons (Fsp3) is 0.923. The van der Waals surface area contributed by atoms with Crippen molar-refractivity contribution in [3.05, 3.63) is 0 Å². The molecule has 0 aromatic carbocycles. The second kappa shape index (κ2) is 7.27. The number of amides is 1. The summed E-state index contributed by atoms with van der Waals surface area (Å²) in [6.07, 6.45) is 4.33. The molecule has 0 unspecified atom stereocenters. The quantitative estimate of drug-likeness (QED) is 0.659. The molecular weight excluding hydrogens is 232 g/mol. The molecule has 0 aliphatic heterocycles. The van der Waals surface area contributed by atoms with Gasteiger partial charge in [0.25, 0.3) is 0 Å². The van der Waals surface area contributed by atoms with E-state index in [2.05, 4.69) is 44.0 Å². The van der Waals surface area contributed by atoms with Crippen LogP contribution in [-0.4, -0.2) is 25.3 Å². The minimum atomic E-state index is 0.0568. The first-order valence-corrected chi connectivity index (χ1v) is 7.41. The Morgan fingerprint density at radius 3 is 1.94 bits per heavy atom. The summed E-state index contributed by atoms with van der Waals surface area (Å²) in [4.78, 5) is 10.9. The van der Waals surface area contributed by atoms with Crippen LogP contribution in [0.25, 0.3) is 0 Å². The Kier molecular flexibility index (Phi) is 7.17. The van der Waals surface area contributed by atoms with E-state index in [9.17, 15) is 4.79 Å². The predicted molar refractivity (Wildman–Crippen MR) is 77.0 cm³/mol. The van der Waals surface area contributed by atoms with Crippen LogP contribution in [0.2, 0.25) is 0 Å². The Morgan fingerprint density at radius 2 is 1.53 bits per heavy atom. The molecule has 4 heteroatoms. The fourth-order valence-electron chi connectivity index (χ4n) is 1.48. The van der Waals surface area contributed by atoms with E-state index in [4.69, 9.17) is 0 Å². The molecule has 0 fully saturated rings. The van der Waals surface area contributed by atoms with Crippen molar-refractivity contribution in [3.8, 4) is 0 Å². The molecule has 2 N–H and O–H groups in total.